The van der Waals surface area contributed by atoms with Gasteiger partial charge in [-0.3, -0.25) is 9.59 Å². The highest BCUT2D eigenvalue weighted by Crippen LogP contribution is 2.25. The average molecular weight is 212 g/mol. The second kappa shape index (κ2) is 4.82. The van der Waals surface area contributed by atoms with Gasteiger partial charge in [-0.15, -0.1) is 0 Å². The first-order valence-corrected chi connectivity index (χ1v) is 3.54. The van der Waals surface area contributed by atoms with E-state index < -0.39 is 24.8 Å². The molecule has 0 rings (SSSR count). The lowest BCUT2D eigenvalue weighted by Crippen LogP contribution is -2.58. The number of alkyl halides is 2. The Balaban J connectivity index is 4.33. The van der Waals surface area contributed by atoms with Crippen molar-refractivity contribution in [2.45, 2.75) is 11.7 Å². The quantitative estimate of drug-likeness (QED) is 0.284. The van der Waals surface area contributed by atoms with Gasteiger partial charge in [0.1, 0.15) is 0 Å². The zero-order chi connectivity index (χ0) is 11.2. The largest absolute Gasteiger partial charge is 0.360 e. The Bertz CT molecular complexity index is 188. The number of halogens is 2. The maximum Gasteiger partial charge on any atom is 0.319 e. The number of amides is 2. The standard InChI is InChI=1S/C6H10F2N2O4/c7-5(8,1-9-3-11)6(13,14)2-10-4-12/h3-4,13-14H,1-2H2,(H,9,11)(H,10,12). The molecule has 0 bridgehead atoms. The van der Waals surface area contributed by atoms with Crippen LogP contribution in [0, 0.1) is 0 Å². The molecular weight excluding hydrogens is 202 g/mol. The van der Waals surface area contributed by atoms with Crippen molar-refractivity contribution in [2.75, 3.05) is 13.1 Å². The third-order valence-corrected chi connectivity index (χ3v) is 1.43. The molecule has 0 aromatic carbocycles. The minimum atomic E-state index is -3.95. The molecule has 2 amide bonds. The van der Waals surface area contributed by atoms with Crippen molar-refractivity contribution in [3.05, 3.63) is 0 Å². The zero-order valence-corrected chi connectivity index (χ0v) is 7.04. The van der Waals surface area contributed by atoms with Gasteiger partial charge >= 0.3 is 5.92 Å². The summed E-state index contributed by atoms with van der Waals surface area (Å²) in [5.41, 5.74) is 0. The van der Waals surface area contributed by atoms with Crippen LogP contribution in [0.2, 0.25) is 0 Å². The summed E-state index contributed by atoms with van der Waals surface area (Å²) in [6.45, 7) is -2.27. The van der Waals surface area contributed by atoms with E-state index in [4.69, 9.17) is 10.2 Å². The fourth-order valence-electron chi connectivity index (χ4n) is 0.625. The number of hydrogen-bond donors (Lipinski definition) is 4. The molecule has 0 aromatic rings. The molecule has 0 heterocycles. The van der Waals surface area contributed by atoms with Gasteiger partial charge in [0, 0.05) is 0 Å². The van der Waals surface area contributed by atoms with Crippen molar-refractivity contribution in [3.8, 4) is 0 Å². The summed E-state index contributed by atoms with van der Waals surface area (Å²) < 4.78 is 25.7. The molecule has 0 unspecified atom stereocenters. The Morgan fingerprint density at radius 3 is 1.93 bits per heavy atom. The van der Waals surface area contributed by atoms with E-state index in [0.29, 0.717) is 0 Å². The molecule has 0 aliphatic heterocycles. The fraction of sp³-hybridized carbons (Fsp3) is 0.667. The number of rotatable bonds is 7. The topological polar surface area (TPSA) is 98.7 Å². The molecular formula is C6H10F2N2O4. The highest BCUT2D eigenvalue weighted by atomic mass is 19.3. The summed E-state index contributed by atoms with van der Waals surface area (Å²) in [6, 6.07) is 0. The molecule has 0 aliphatic carbocycles. The summed E-state index contributed by atoms with van der Waals surface area (Å²) in [5.74, 6) is -7.35. The van der Waals surface area contributed by atoms with Gasteiger partial charge in [0.15, 0.2) is 0 Å². The first-order chi connectivity index (χ1) is 6.37. The number of carbonyl (C=O) groups is 2. The van der Waals surface area contributed by atoms with Crippen LogP contribution in [0.4, 0.5) is 8.78 Å². The van der Waals surface area contributed by atoms with Crippen molar-refractivity contribution in [1.29, 1.82) is 0 Å². The van der Waals surface area contributed by atoms with Crippen LogP contribution in [0.15, 0.2) is 0 Å². The third-order valence-electron chi connectivity index (χ3n) is 1.43. The van der Waals surface area contributed by atoms with Crippen LogP contribution < -0.4 is 10.6 Å². The second-order valence-electron chi connectivity index (χ2n) is 2.52. The predicted molar refractivity (Wildman–Crippen MR) is 40.2 cm³/mol. The van der Waals surface area contributed by atoms with E-state index in [1.54, 1.807) is 10.6 Å². The van der Waals surface area contributed by atoms with Crippen molar-refractivity contribution in [1.82, 2.24) is 10.6 Å². The molecule has 82 valence electrons. The lowest BCUT2D eigenvalue weighted by Gasteiger charge is -2.30. The summed E-state index contributed by atoms with van der Waals surface area (Å²) in [7, 11) is 0. The van der Waals surface area contributed by atoms with E-state index in [1.807, 2.05) is 0 Å². The molecule has 0 saturated heterocycles. The van der Waals surface area contributed by atoms with E-state index in [1.165, 1.54) is 0 Å². The van der Waals surface area contributed by atoms with Crippen LogP contribution in [0.3, 0.4) is 0 Å². The molecule has 0 atom stereocenters. The van der Waals surface area contributed by atoms with Crippen LogP contribution in [-0.2, 0) is 9.59 Å². The van der Waals surface area contributed by atoms with Gasteiger partial charge in [-0.25, -0.2) is 0 Å². The first-order valence-electron chi connectivity index (χ1n) is 3.54. The molecule has 14 heavy (non-hydrogen) atoms. The average Bonchev–Trinajstić information content (AvgIpc) is 2.11. The Morgan fingerprint density at radius 1 is 1.07 bits per heavy atom. The van der Waals surface area contributed by atoms with Gasteiger partial charge in [-0.2, -0.15) is 8.78 Å². The predicted octanol–water partition coefficient (Wildman–Crippen LogP) is -2.21. The van der Waals surface area contributed by atoms with Crippen LogP contribution in [-0.4, -0.2) is 47.8 Å². The maximum absolute atomic E-state index is 12.8. The Labute approximate surface area is 77.9 Å². The minimum absolute atomic E-state index is 0.00284. The Morgan fingerprint density at radius 2 is 1.50 bits per heavy atom. The van der Waals surface area contributed by atoms with Gasteiger partial charge in [-0.1, -0.05) is 0 Å². The maximum atomic E-state index is 12.8. The third kappa shape index (κ3) is 3.23. The fourth-order valence-corrected chi connectivity index (χ4v) is 0.625. The van der Waals surface area contributed by atoms with E-state index in [0.717, 1.165) is 0 Å². The van der Waals surface area contributed by atoms with Crippen LogP contribution >= 0.6 is 0 Å². The summed E-state index contributed by atoms with van der Waals surface area (Å²) in [4.78, 5) is 19.5. The Kier molecular flexibility index (Phi) is 4.38. The summed E-state index contributed by atoms with van der Waals surface area (Å²) in [5, 5.41) is 21.0. The van der Waals surface area contributed by atoms with Crippen LogP contribution in [0.5, 0.6) is 0 Å². The molecule has 0 fully saturated rings. The van der Waals surface area contributed by atoms with Gasteiger partial charge in [0.05, 0.1) is 13.1 Å². The smallest absolute Gasteiger partial charge is 0.319 e. The van der Waals surface area contributed by atoms with Crippen molar-refractivity contribution >= 4 is 12.8 Å². The SMILES string of the molecule is O=CNCC(O)(O)C(F)(F)CNC=O. The number of hydrogen-bond acceptors (Lipinski definition) is 4. The van der Waals surface area contributed by atoms with Crippen molar-refractivity contribution < 1.29 is 28.6 Å². The van der Waals surface area contributed by atoms with Crippen LogP contribution in [0.1, 0.15) is 0 Å². The second-order valence-corrected chi connectivity index (χ2v) is 2.52. The van der Waals surface area contributed by atoms with Gasteiger partial charge in [0.25, 0.3) is 0 Å². The lowest BCUT2D eigenvalue weighted by atomic mass is 10.1. The molecule has 0 spiro atoms. The molecule has 0 aliphatic rings. The van der Waals surface area contributed by atoms with Gasteiger partial charge in [0.2, 0.25) is 18.6 Å². The monoisotopic (exact) mass is 212 g/mol. The molecule has 8 heteroatoms. The number of carbonyl (C=O) groups excluding carboxylic acids is 2. The van der Waals surface area contributed by atoms with E-state index in [9.17, 15) is 18.4 Å². The molecule has 6 nitrogen and oxygen atoms in total. The van der Waals surface area contributed by atoms with Gasteiger partial charge in [-0.05, 0) is 0 Å². The minimum Gasteiger partial charge on any atom is -0.360 e. The number of nitrogens with one attached hydrogen (secondary N) is 2. The zero-order valence-electron chi connectivity index (χ0n) is 7.04. The Hall–Kier alpha value is -1.28. The van der Waals surface area contributed by atoms with Crippen LogP contribution in [0.25, 0.3) is 0 Å². The van der Waals surface area contributed by atoms with Gasteiger partial charge < -0.3 is 20.8 Å². The first kappa shape index (κ1) is 12.7. The molecule has 0 saturated carbocycles. The number of aliphatic hydroxyl groups is 2. The summed E-state index contributed by atoms with van der Waals surface area (Å²) >= 11 is 0. The van der Waals surface area contributed by atoms with E-state index in [2.05, 4.69) is 0 Å². The lowest BCUT2D eigenvalue weighted by molar-refractivity contribution is -0.287. The van der Waals surface area contributed by atoms with E-state index in [-0.39, 0.29) is 12.8 Å². The summed E-state index contributed by atoms with van der Waals surface area (Å²) in [6.07, 6.45) is 0.0432. The van der Waals surface area contributed by atoms with E-state index >= 15 is 0 Å². The molecule has 4 N–H and O–H groups in total. The van der Waals surface area contributed by atoms with Crippen molar-refractivity contribution in [2.24, 2.45) is 0 Å². The molecule has 0 radical (unpaired) electrons. The highest BCUT2D eigenvalue weighted by molar-refractivity contribution is 5.46. The molecule has 0 aromatic heterocycles. The normalized spacial score (nSPS) is 12.0. The van der Waals surface area contributed by atoms with Crippen molar-refractivity contribution in [3.63, 3.8) is 0 Å². The highest BCUT2D eigenvalue weighted by Gasteiger charge is 2.51.